The van der Waals surface area contributed by atoms with E-state index >= 15 is 0 Å². The third-order valence-corrected chi connectivity index (χ3v) is 6.10. The molecule has 8 heteroatoms. The maximum absolute atomic E-state index is 13.0. The Morgan fingerprint density at radius 3 is 2.87 bits per heavy atom. The van der Waals surface area contributed by atoms with Crippen molar-refractivity contribution < 1.29 is 4.79 Å². The molecule has 3 aromatic rings. The molecule has 1 aliphatic rings. The van der Waals surface area contributed by atoms with E-state index in [9.17, 15) is 9.59 Å². The first kappa shape index (κ1) is 20.4. The predicted octanol–water partition coefficient (Wildman–Crippen LogP) is 1.84. The number of carbonyl (C=O) groups is 1. The van der Waals surface area contributed by atoms with Crippen LogP contribution >= 0.6 is 0 Å². The van der Waals surface area contributed by atoms with Crippen LogP contribution in [0, 0.1) is 13.8 Å². The lowest BCUT2D eigenvalue weighted by Crippen LogP contribution is -2.36. The van der Waals surface area contributed by atoms with Gasteiger partial charge in [-0.3, -0.25) is 9.36 Å². The molecule has 0 fully saturated rings. The van der Waals surface area contributed by atoms with Crippen molar-refractivity contribution in [3.63, 3.8) is 0 Å². The van der Waals surface area contributed by atoms with E-state index in [1.807, 2.05) is 44.1 Å². The average molecular weight is 411 g/mol. The molecule has 0 bridgehead atoms. The normalized spacial score (nSPS) is 16.6. The molecule has 1 aliphatic heterocycles. The number of benzene rings is 1. The summed E-state index contributed by atoms with van der Waals surface area (Å²) >= 11 is 0. The minimum atomic E-state index is -0.0743. The van der Waals surface area contributed by atoms with Crippen LogP contribution in [0.1, 0.15) is 40.3 Å². The summed E-state index contributed by atoms with van der Waals surface area (Å²) in [6, 6.07) is 5.84. The van der Waals surface area contributed by atoms with Gasteiger partial charge in [-0.1, -0.05) is 12.1 Å². The zero-order valence-electron chi connectivity index (χ0n) is 18.2. The molecular formula is C22H30N6O2. The number of aryl methyl sites for hydroxylation is 3. The van der Waals surface area contributed by atoms with Crippen LogP contribution in [0.3, 0.4) is 0 Å². The van der Waals surface area contributed by atoms with Crippen LogP contribution in [0.4, 0.5) is 0 Å². The fourth-order valence-corrected chi connectivity index (χ4v) is 4.15. The van der Waals surface area contributed by atoms with E-state index in [1.165, 1.54) is 5.56 Å². The fourth-order valence-electron chi connectivity index (χ4n) is 4.15. The molecule has 0 spiro atoms. The number of likely N-dealkylation sites (N-methyl/N-ethyl adjacent to an activating group) is 1. The molecule has 0 saturated heterocycles. The van der Waals surface area contributed by atoms with Gasteiger partial charge in [-0.05, 0) is 52.4 Å². The van der Waals surface area contributed by atoms with Crippen molar-refractivity contribution in [2.45, 2.75) is 52.2 Å². The number of carbonyl (C=O) groups excluding carboxylic acids is 1. The van der Waals surface area contributed by atoms with Crippen molar-refractivity contribution in [1.29, 1.82) is 0 Å². The van der Waals surface area contributed by atoms with E-state index in [1.54, 1.807) is 9.25 Å². The summed E-state index contributed by atoms with van der Waals surface area (Å²) in [6.45, 7) is 6.03. The van der Waals surface area contributed by atoms with Crippen LogP contribution in [0.15, 0.2) is 23.0 Å². The number of hydrogen-bond acceptors (Lipinski definition) is 4. The number of nitrogens with zero attached hydrogens (tertiary/aromatic N) is 4. The summed E-state index contributed by atoms with van der Waals surface area (Å²) in [5.74, 6) is 0.739. The summed E-state index contributed by atoms with van der Waals surface area (Å²) in [7, 11) is 3.96. The zero-order valence-corrected chi connectivity index (χ0v) is 18.2. The number of aromatic nitrogens is 4. The minimum absolute atomic E-state index is 0.0150. The molecule has 0 radical (unpaired) electrons. The maximum Gasteiger partial charge on any atom is 0.345 e. The lowest BCUT2D eigenvalue weighted by atomic mass is 10.1. The molecule has 0 aliphatic carbocycles. The van der Waals surface area contributed by atoms with Gasteiger partial charge < -0.3 is 15.2 Å². The zero-order chi connectivity index (χ0) is 21.4. The molecule has 8 nitrogen and oxygen atoms in total. The Kier molecular flexibility index (Phi) is 5.51. The van der Waals surface area contributed by atoms with Crippen LogP contribution in [0.25, 0.3) is 10.9 Å². The Labute approximate surface area is 175 Å². The second-order valence-electron chi connectivity index (χ2n) is 8.48. The number of nitrogens with one attached hydrogen (secondary N) is 2. The third-order valence-electron chi connectivity index (χ3n) is 6.10. The third kappa shape index (κ3) is 3.79. The van der Waals surface area contributed by atoms with Gasteiger partial charge in [0.05, 0.1) is 17.6 Å². The van der Waals surface area contributed by atoms with Gasteiger partial charge in [0.1, 0.15) is 5.82 Å². The van der Waals surface area contributed by atoms with Crippen molar-refractivity contribution in [3.05, 3.63) is 51.3 Å². The Hall–Kier alpha value is -2.87. The molecule has 0 saturated carbocycles. The molecule has 160 valence electrons. The topological polar surface area (TPSA) is 88.0 Å². The van der Waals surface area contributed by atoms with Gasteiger partial charge in [0.15, 0.2) is 0 Å². The van der Waals surface area contributed by atoms with E-state index in [4.69, 9.17) is 0 Å². The molecule has 1 aromatic carbocycles. The summed E-state index contributed by atoms with van der Waals surface area (Å²) in [6.07, 6.45) is 2.17. The first-order chi connectivity index (χ1) is 14.3. The monoisotopic (exact) mass is 410 g/mol. The Morgan fingerprint density at radius 2 is 2.10 bits per heavy atom. The van der Waals surface area contributed by atoms with Crippen LogP contribution in [0.2, 0.25) is 0 Å². The lowest BCUT2D eigenvalue weighted by Gasteiger charge is -2.16. The van der Waals surface area contributed by atoms with Gasteiger partial charge in [-0.2, -0.15) is 5.10 Å². The van der Waals surface area contributed by atoms with E-state index in [0.717, 1.165) is 41.8 Å². The van der Waals surface area contributed by atoms with Crippen LogP contribution < -0.4 is 11.0 Å². The Balaban J connectivity index is 1.46. The number of rotatable bonds is 5. The van der Waals surface area contributed by atoms with Gasteiger partial charge in [-0.25, -0.2) is 9.48 Å². The highest BCUT2D eigenvalue weighted by Gasteiger charge is 2.23. The first-order valence-electron chi connectivity index (χ1n) is 10.5. The summed E-state index contributed by atoms with van der Waals surface area (Å²) in [5, 5.41) is 8.79. The number of fused-ring (bicyclic) bond motifs is 2. The van der Waals surface area contributed by atoms with Crippen molar-refractivity contribution in [2.24, 2.45) is 0 Å². The van der Waals surface area contributed by atoms with E-state index in [0.29, 0.717) is 25.1 Å². The van der Waals surface area contributed by atoms with Gasteiger partial charge in [0.25, 0.3) is 5.91 Å². The number of H-pyrrole nitrogens is 1. The van der Waals surface area contributed by atoms with Crippen molar-refractivity contribution >= 4 is 16.8 Å². The number of para-hydroxylation sites is 1. The van der Waals surface area contributed by atoms with Gasteiger partial charge in [0.2, 0.25) is 0 Å². The Morgan fingerprint density at radius 1 is 1.30 bits per heavy atom. The standard InChI is InChI=1S/C22H30N6O2/c1-14-15(2)23-20-17(14)6-5-7-18(20)21(29)24-16-8-9-19-25-28(13-12-26(3)4)22(30)27(19)11-10-16/h5-7,16,23H,8-13H2,1-4H3,(H,24,29). The number of hydrogen-bond donors (Lipinski definition) is 2. The highest BCUT2D eigenvalue weighted by molar-refractivity contribution is 6.06. The summed E-state index contributed by atoms with van der Waals surface area (Å²) in [4.78, 5) is 31.1. The second kappa shape index (κ2) is 8.10. The largest absolute Gasteiger partial charge is 0.358 e. The summed E-state index contributed by atoms with van der Waals surface area (Å²) in [5.41, 5.74) is 3.74. The molecule has 1 amide bonds. The van der Waals surface area contributed by atoms with Crippen molar-refractivity contribution in [2.75, 3.05) is 20.6 Å². The molecule has 30 heavy (non-hydrogen) atoms. The molecule has 2 aromatic heterocycles. The van der Waals surface area contributed by atoms with Crippen molar-refractivity contribution in [3.8, 4) is 0 Å². The predicted molar refractivity (Wildman–Crippen MR) is 117 cm³/mol. The first-order valence-corrected chi connectivity index (χ1v) is 10.5. The van der Waals surface area contributed by atoms with E-state index in [-0.39, 0.29) is 17.6 Å². The van der Waals surface area contributed by atoms with Crippen LogP contribution in [-0.4, -0.2) is 56.8 Å². The minimum Gasteiger partial charge on any atom is -0.358 e. The van der Waals surface area contributed by atoms with Gasteiger partial charge in [0, 0.05) is 36.6 Å². The molecule has 1 atom stereocenters. The Bertz CT molecular complexity index is 1140. The van der Waals surface area contributed by atoms with Gasteiger partial charge in [-0.15, -0.1) is 0 Å². The second-order valence-corrected chi connectivity index (χ2v) is 8.48. The van der Waals surface area contributed by atoms with Gasteiger partial charge >= 0.3 is 5.69 Å². The smallest absolute Gasteiger partial charge is 0.345 e. The molecule has 2 N–H and O–H groups in total. The van der Waals surface area contributed by atoms with Crippen molar-refractivity contribution in [1.82, 2.24) is 29.5 Å². The highest BCUT2D eigenvalue weighted by Crippen LogP contribution is 2.24. The fraction of sp³-hybridized carbons (Fsp3) is 0.500. The molecule has 4 rings (SSSR count). The SMILES string of the molecule is Cc1[nH]c2c(C(=O)NC3CCc4nn(CCN(C)C)c(=O)n4CC3)cccc2c1C. The van der Waals surface area contributed by atoms with E-state index < -0.39 is 0 Å². The number of aromatic amines is 1. The molecule has 3 heterocycles. The van der Waals surface area contributed by atoms with Crippen LogP contribution in [-0.2, 0) is 19.5 Å². The van der Waals surface area contributed by atoms with Crippen LogP contribution in [0.5, 0.6) is 0 Å². The maximum atomic E-state index is 13.0. The van der Waals surface area contributed by atoms with E-state index in [2.05, 4.69) is 22.3 Å². The lowest BCUT2D eigenvalue weighted by molar-refractivity contribution is 0.0934. The summed E-state index contributed by atoms with van der Waals surface area (Å²) < 4.78 is 3.32. The molecular weight excluding hydrogens is 380 g/mol. The number of amides is 1. The average Bonchev–Trinajstić information content (AvgIpc) is 3.08. The molecule has 1 unspecified atom stereocenters. The highest BCUT2D eigenvalue weighted by atomic mass is 16.2. The quantitative estimate of drug-likeness (QED) is 0.672.